The van der Waals surface area contributed by atoms with Crippen LogP contribution in [0.25, 0.3) is 0 Å². The molecule has 0 atom stereocenters. The Morgan fingerprint density at radius 1 is 1.35 bits per heavy atom. The molecule has 26 heavy (non-hydrogen) atoms. The van der Waals surface area contributed by atoms with Crippen LogP contribution in [0.4, 0.5) is 0 Å². The Labute approximate surface area is 174 Å². The van der Waals surface area contributed by atoms with E-state index in [1.807, 2.05) is 22.6 Å². The van der Waals surface area contributed by atoms with Crippen LogP contribution in [-0.4, -0.2) is 31.0 Å². The average Bonchev–Trinajstić information content (AvgIpc) is 2.59. The molecular formula is C17H15Cl2IN2O4. The molecule has 0 unspecified atom stereocenters. The van der Waals surface area contributed by atoms with Gasteiger partial charge in [0.15, 0.2) is 18.1 Å². The minimum absolute atomic E-state index is 0.378. The van der Waals surface area contributed by atoms with E-state index in [2.05, 4.69) is 10.5 Å². The fourth-order valence-corrected chi connectivity index (χ4v) is 3.35. The number of carbonyl (C=O) groups is 1. The predicted molar refractivity (Wildman–Crippen MR) is 110 cm³/mol. The molecule has 0 saturated heterocycles. The Morgan fingerprint density at radius 2 is 2.04 bits per heavy atom. The lowest BCUT2D eigenvalue weighted by Gasteiger charge is -2.12. The van der Waals surface area contributed by atoms with Crippen molar-refractivity contribution < 1.29 is 19.4 Å². The maximum Gasteiger partial charge on any atom is 0.341 e. The molecule has 6 nitrogen and oxygen atoms in total. The van der Waals surface area contributed by atoms with Crippen LogP contribution >= 0.6 is 45.8 Å². The van der Waals surface area contributed by atoms with Gasteiger partial charge in [-0.2, -0.15) is 5.10 Å². The average molecular weight is 509 g/mol. The first-order valence-electron chi connectivity index (χ1n) is 7.33. The second-order valence-electron chi connectivity index (χ2n) is 5.01. The Balaban J connectivity index is 2.08. The number of carboxylic acid groups (broad SMARTS) is 1. The van der Waals surface area contributed by atoms with E-state index in [-0.39, 0.29) is 0 Å². The van der Waals surface area contributed by atoms with Crippen molar-refractivity contribution in [3.63, 3.8) is 0 Å². The lowest BCUT2D eigenvalue weighted by atomic mass is 10.2. The summed E-state index contributed by atoms with van der Waals surface area (Å²) >= 11 is 14.3. The molecule has 0 spiro atoms. The minimum atomic E-state index is -1.06. The lowest BCUT2D eigenvalue weighted by Crippen LogP contribution is -2.11. The van der Waals surface area contributed by atoms with E-state index in [0.717, 1.165) is 11.1 Å². The van der Waals surface area contributed by atoms with Crippen LogP contribution in [0.15, 0.2) is 35.4 Å². The second kappa shape index (κ2) is 9.84. The monoisotopic (exact) mass is 508 g/mol. The molecule has 0 radical (unpaired) electrons. The summed E-state index contributed by atoms with van der Waals surface area (Å²) in [5.74, 6) is -0.256. The van der Waals surface area contributed by atoms with Gasteiger partial charge in [-0.15, -0.1) is 0 Å². The molecule has 2 aromatic rings. The highest BCUT2D eigenvalue weighted by molar-refractivity contribution is 14.1. The summed E-state index contributed by atoms with van der Waals surface area (Å²) in [4.78, 5) is 10.7. The van der Waals surface area contributed by atoms with Crippen molar-refractivity contribution in [2.75, 3.05) is 13.7 Å². The molecule has 0 amide bonds. The van der Waals surface area contributed by atoms with E-state index < -0.39 is 12.6 Å². The number of nitrogens with zero attached hydrogens (tertiary/aromatic N) is 1. The van der Waals surface area contributed by atoms with Gasteiger partial charge >= 0.3 is 5.97 Å². The first-order chi connectivity index (χ1) is 12.4. The summed E-state index contributed by atoms with van der Waals surface area (Å²) in [5, 5.41) is 14.0. The van der Waals surface area contributed by atoms with Crippen LogP contribution in [0.1, 0.15) is 11.1 Å². The fourth-order valence-electron chi connectivity index (χ4n) is 2.03. The Hall–Kier alpha value is -1.71. The summed E-state index contributed by atoms with van der Waals surface area (Å²) in [7, 11) is 1.48. The number of aliphatic carboxylic acids is 1. The topological polar surface area (TPSA) is 80.1 Å². The third-order valence-electron chi connectivity index (χ3n) is 3.21. The second-order valence-corrected chi connectivity index (χ2v) is 6.99. The quantitative estimate of drug-likeness (QED) is 0.317. The van der Waals surface area contributed by atoms with Gasteiger partial charge in [0.1, 0.15) is 0 Å². The third-order valence-corrected chi connectivity index (χ3v) is 4.72. The van der Waals surface area contributed by atoms with E-state index in [9.17, 15) is 4.79 Å². The smallest absolute Gasteiger partial charge is 0.341 e. The van der Waals surface area contributed by atoms with Gasteiger partial charge < -0.3 is 20.0 Å². The molecular weight excluding hydrogens is 494 g/mol. The van der Waals surface area contributed by atoms with Crippen LogP contribution in [0.2, 0.25) is 10.0 Å². The third kappa shape index (κ3) is 5.65. The molecule has 138 valence electrons. The van der Waals surface area contributed by atoms with Crippen LogP contribution in [0.5, 0.6) is 11.5 Å². The maximum absolute atomic E-state index is 10.7. The summed E-state index contributed by atoms with van der Waals surface area (Å²) in [5.41, 5.74) is 4.41. The number of methoxy groups -OCH3 is 1. The maximum atomic E-state index is 10.7. The Morgan fingerprint density at radius 3 is 2.65 bits per heavy atom. The van der Waals surface area contributed by atoms with Gasteiger partial charge in [-0.1, -0.05) is 29.3 Å². The normalized spacial score (nSPS) is 10.8. The first-order valence-corrected chi connectivity index (χ1v) is 9.16. The highest BCUT2D eigenvalue weighted by Gasteiger charge is 2.12. The molecule has 2 N–H and O–H groups in total. The van der Waals surface area contributed by atoms with Crippen molar-refractivity contribution in [2.24, 2.45) is 5.10 Å². The molecule has 0 fully saturated rings. The highest BCUT2D eigenvalue weighted by atomic mass is 127. The van der Waals surface area contributed by atoms with Crippen molar-refractivity contribution in [1.82, 2.24) is 5.43 Å². The molecule has 0 bridgehead atoms. The molecule has 0 aliphatic heterocycles. The summed E-state index contributed by atoms with van der Waals surface area (Å²) < 4.78 is 11.2. The summed E-state index contributed by atoms with van der Waals surface area (Å²) in [6.45, 7) is -0.0665. The first kappa shape index (κ1) is 20.6. The van der Waals surface area contributed by atoms with Crippen LogP contribution < -0.4 is 14.9 Å². The molecule has 9 heteroatoms. The van der Waals surface area contributed by atoms with Crippen LogP contribution in [0, 0.1) is 3.57 Å². The minimum Gasteiger partial charge on any atom is -0.493 e. The van der Waals surface area contributed by atoms with Crippen LogP contribution in [-0.2, 0) is 11.3 Å². The summed E-state index contributed by atoms with van der Waals surface area (Å²) in [6.07, 6.45) is 1.61. The van der Waals surface area contributed by atoms with Crippen molar-refractivity contribution >= 4 is 58.0 Å². The molecule has 2 rings (SSSR count). The van der Waals surface area contributed by atoms with Gasteiger partial charge in [0, 0.05) is 15.6 Å². The molecule has 0 aromatic heterocycles. The van der Waals surface area contributed by atoms with Gasteiger partial charge in [-0.25, -0.2) is 4.79 Å². The molecule has 0 heterocycles. The van der Waals surface area contributed by atoms with Crippen molar-refractivity contribution in [3.8, 4) is 11.5 Å². The van der Waals surface area contributed by atoms with Crippen LogP contribution in [0.3, 0.4) is 0 Å². The van der Waals surface area contributed by atoms with E-state index in [1.54, 1.807) is 36.5 Å². The largest absolute Gasteiger partial charge is 0.493 e. The van der Waals surface area contributed by atoms with Crippen molar-refractivity contribution in [3.05, 3.63) is 55.1 Å². The molecule has 0 aliphatic rings. The number of benzene rings is 2. The van der Waals surface area contributed by atoms with Gasteiger partial charge in [-0.3, -0.25) is 0 Å². The Bertz CT molecular complexity index is 810. The summed E-state index contributed by atoms with van der Waals surface area (Å²) in [6, 6.07) is 8.80. The number of halogens is 3. The van der Waals surface area contributed by atoms with E-state index in [4.69, 9.17) is 37.8 Å². The van der Waals surface area contributed by atoms with E-state index >= 15 is 0 Å². The van der Waals surface area contributed by atoms with E-state index in [0.29, 0.717) is 31.7 Å². The number of hydrogen-bond acceptors (Lipinski definition) is 5. The van der Waals surface area contributed by atoms with E-state index in [1.165, 1.54) is 7.11 Å². The SMILES string of the molecule is COc1cc(/C=N\NCc2c(Cl)cccc2Cl)cc(I)c1OCC(=O)O. The molecule has 2 aromatic carbocycles. The fraction of sp³-hybridized carbons (Fsp3) is 0.176. The molecule has 0 saturated carbocycles. The molecule has 0 aliphatic carbocycles. The zero-order valence-electron chi connectivity index (χ0n) is 13.6. The van der Waals surface area contributed by atoms with Crippen molar-refractivity contribution in [1.29, 1.82) is 0 Å². The number of hydrazone groups is 1. The number of rotatable bonds is 8. The van der Waals surface area contributed by atoms with Crippen molar-refractivity contribution in [2.45, 2.75) is 6.54 Å². The number of carboxylic acids is 1. The van der Waals surface area contributed by atoms with Gasteiger partial charge in [0.2, 0.25) is 0 Å². The van der Waals surface area contributed by atoms with Gasteiger partial charge in [-0.05, 0) is 52.4 Å². The zero-order valence-corrected chi connectivity index (χ0v) is 17.3. The zero-order chi connectivity index (χ0) is 19.1. The van der Waals surface area contributed by atoms with Gasteiger partial charge in [0.25, 0.3) is 0 Å². The number of nitrogens with one attached hydrogen (secondary N) is 1. The highest BCUT2D eigenvalue weighted by Crippen LogP contribution is 2.33. The number of hydrogen-bond donors (Lipinski definition) is 2. The Kier molecular flexibility index (Phi) is 7.80. The van der Waals surface area contributed by atoms with Gasteiger partial charge in [0.05, 0.1) is 23.4 Å². The predicted octanol–water partition coefficient (Wildman–Crippen LogP) is 4.19. The standard InChI is InChI=1S/C17H15Cl2IN2O4/c1-25-15-6-10(5-14(20)17(15)26-9-16(23)24)7-21-22-8-11-12(18)3-2-4-13(11)19/h2-7,22H,8-9H2,1H3,(H,23,24)/b21-7-. The number of ether oxygens (including phenoxy) is 2. The lowest BCUT2D eigenvalue weighted by molar-refractivity contribution is -0.139.